The molecule has 0 spiro atoms. The van der Waals surface area contributed by atoms with E-state index in [4.69, 9.17) is 0 Å². The number of imidazole rings is 1. The number of rotatable bonds is 6. The van der Waals surface area contributed by atoms with Crippen molar-refractivity contribution in [2.45, 2.75) is 25.8 Å². The number of hydrogen-bond acceptors (Lipinski definition) is 3. The molecule has 1 aromatic heterocycles. The van der Waals surface area contributed by atoms with E-state index >= 15 is 0 Å². The van der Waals surface area contributed by atoms with Crippen LogP contribution in [0.2, 0.25) is 0 Å². The summed E-state index contributed by atoms with van der Waals surface area (Å²) in [5, 5.41) is 6.78. The second-order valence-electron chi connectivity index (χ2n) is 5.74. The molecule has 2 aromatic rings. The first-order valence-corrected chi connectivity index (χ1v) is 6.81. The molecule has 0 aliphatic heterocycles. The van der Waals surface area contributed by atoms with Gasteiger partial charge in [0, 0.05) is 19.1 Å². The van der Waals surface area contributed by atoms with Crippen molar-refractivity contribution in [1.29, 1.82) is 0 Å². The highest BCUT2D eigenvalue weighted by Crippen LogP contribution is 2.14. The van der Waals surface area contributed by atoms with Gasteiger partial charge in [-0.3, -0.25) is 0 Å². The van der Waals surface area contributed by atoms with Crippen LogP contribution < -0.4 is 10.6 Å². The molecular weight excluding hydrogens is 236 g/mol. The molecule has 2 rings (SSSR count). The summed E-state index contributed by atoms with van der Waals surface area (Å²) in [6.07, 6.45) is 2.90. The van der Waals surface area contributed by atoms with Crippen LogP contribution in [0.25, 0.3) is 11.0 Å². The number of likely N-dealkylation sites (N-methyl/N-ethyl adjacent to an activating group) is 1. The number of aryl methyl sites for hydroxylation is 1. The van der Waals surface area contributed by atoms with E-state index in [-0.39, 0.29) is 5.54 Å². The van der Waals surface area contributed by atoms with Gasteiger partial charge in [0.2, 0.25) is 0 Å². The molecule has 0 unspecified atom stereocenters. The standard InChI is InChI=1S/C15H24N4/c1-15(2,16-3)10-17-8-7-12-5-6-14-13(9-12)18-11-19(14)4/h5-6,9,11,16-17H,7-8,10H2,1-4H3. The Bertz CT molecular complexity index is 542. The average Bonchev–Trinajstić information content (AvgIpc) is 2.76. The zero-order chi connectivity index (χ0) is 13.9. The van der Waals surface area contributed by atoms with Crippen molar-refractivity contribution in [3.63, 3.8) is 0 Å². The fourth-order valence-corrected chi connectivity index (χ4v) is 2.06. The molecule has 104 valence electrons. The molecule has 1 heterocycles. The molecule has 0 fully saturated rings. The second kappa shape index (κ2) is 5.72. The van der Waals surface area contributed by atoms with Crippen molar-refractivity contribution in [3.8, 4) is 0 Å². The highest BCUT2D eigenvalue weighted by molar-refractivity contribution is 5.75. The third-order valence-corrected chi connectivity index (χ3v) is 3.62. The summed E-state index contributed by atoms with van der Waals surface area (Å²) < 4.78 is 2.05. The second-order valence-corrected chi connectivity index (χ2v) is 5.74. The van der Waals surface area contributed by atoms with Crippen LogP contribution in [0.5, 0.6) is 0 Å². The topological polar surface area (TPSA) is 41.9 Å². The van der Waals surface area contributed by atoms with Gasteiger partial charge in [0.25, 0.3) is 0 Å². The number of hydrogen-bond donors (Lipinski definition) is 2. The van der Waals surface area contributed by atoms with Gasteiger partial charge < -0.3 is 15.2 Å². The van der Waals surface area contributed by atoms with E-state index in [0.29, 0.717) is 0 Å². The Morgan fingerprint density at radius 1 is 1.32 bits per heavy atom. The fourth-order valence-electron chi connectivity index (χ4n) is 2.06. The zero-order valence-electron chi connectivity index (χ0n) is 12.3. The lowest BCUT2D eigenvalue weighted by Crippen LogP contribution is -2.46. The van der Waals surface area contributed by atoms with Crippen LogP contribution in [-0.4, -0.2) is 35.2 Å². The van der Waals surface area contributed by atoms with Gasteiger partial charge >= 0.3 is 0 Å². The van der Waals surface area contributed by atoms with Gasteiger partial charge in [0.1, 0.15) is 0 Å². The van der Waals surface area contributed by atoms with Crippen LogP contribution in [0, 0.1) is 0 Å². The van der Waals surface area contributed by atoms with E-state index in [1.54, 1.807) is 0 Å². The van der Waals surface area contributed by atoms with Gasteiger partial charge in [-0.1, -0.05) is 6.07 Å². The molecular formula is C15H24N4. The number of nitrogens with zero attached hydrogens (tertiary/aromatic N) is 2. The van der Waals surface area contributed by atoms with Crippen LogP contribution in [0.1, 0.15) is 19.4 Å². The van der Waals surface area contributed by atoms with Gasteiger partial charge in [-0.15, -0.1) is 0 Å². The van der Waals surface area contributed by atoms with Crippen LogP contribution in [0.3, 0.4) is 0 Å². The summed E-state index contributed by atoms with van der Waals surface area (Å²) >= 11 is 0. The Balaban J connectivity index is 1.88. The van der Waals surface area contributed by atoms with Crippen molar-refractivity contribution in [1.82, 2.24) is 20.2 Å². The molecule has 0 bridgehead atoms. The van der Waals surface area contributed by atoms with Crippen molar-refractivity contribution in [2.75, 3.05) is 20.1 Å². The predicted octanol–water partition coefficient (Wildman–Crippen LogP) is 1.70. The van der Waals surface area contributed by atoms with Crippen molar-refractivity contribution >= 4 is 11.0 Å². The highest BCUT2D eigenvalue weighted by Gasteiger charge is 2.12. The van der Waals surface area contributed by atoms with Crippen molar-refractivity contribution in [2.24, 2.45) is 7.05 Å². The summed E-state index contributed by atoms with van der Waals surface area (Å²) in [5.41, 5.74) is 3.75. The summed E-state index contributed by atoms with van der Waals surface area (Å²) in [4.78, 5) is 4.39. The maximum absolute atomic E-state index is 4.39. The van der Waals surface area contributed by atoms with Crippen LogP contribution in [-0.2, 0) is 13.5 Å². The Morgan fingerprint density at radius 3 is 2.84 bits per heavy atom. The minimum atomic E-state index is 0.144. The lowest BCUT2D eigenvalue weighted by Gasteiger charge is -2.24. The normalized spacial score (nSPS) is 12.2. The van der Waals surface area contributed by atoms with Gasteiger partial charge in [0.15, 0.2) is 0 Å². The summed E-state index contributed by atoms with van der Waals surface area (Å²) in [6.45, 7) is 6.35. The van der Waals surface area contributed by atoms with E-state index in [2.05, 4.69) is 47.7 Å². The Kier molecular flexibility index (Phi) is 4.22. The molecule has 0 aliphatic rings. The fraction of sp³-hybridized carbons (Fsp3) is 0.533. The number of nitrogens with one attached hydrogen (secondary N) is 2. The van der Waals surface area contributed by atoms with E-state index in [1.165, 1.54) is 11.1 Å². The average molecular weight is 260 g/mol. The van der Waals surface area contributed by atoms with Gasteiger partial charge in [-0.25, -0.2) is 4.98 Å². The molecule has 1 aromatic carbocycles. The van der Waals surface area contributed by atoms with Crippen molar-refractivity contribution < 1.29 is 0 Å². The van der Waals surface area contributed by atoms with Crippen LogP contribution in [0.15, 0.2) is 24.5 Å². The molecule has 0 saturated heterocycles. The highest BCUT2D eigenvalue weighted by atomic mass is 15.0. The molecule has 0 saturated carbocycles. The predicted molar refractivity (Wildman–Crippen MR) is 80.4 cm³/mol. The van der Waals surface area contributed by atoms with Crippen molar-refractivity contribution in [3.05, 3.63) is 30.1 Å². The molecule has 0 aliphatic carbocycles. The minimum Gasteiger partial charge on any atom is -0.334 e. The van der Waals surface area contributed by atoms with E-state index in [0.717, 1.165) is 25.0 Å². The van der Waals surface area contributed by atoms with Gasteiger partial charge in [-0.05, 0) is 51.6 Å². The van der Waals surface area contributed by atoms with Gasteiger partial charge in [0.05, 0.1) is 17.4 Å². The quantitative estimate of drug-likeness (QED) is 0.777. The zero-order valence-corrected chi connectivity index (χ0v) is 12.3. The first-order chi connectivity index (χ1) is 9.02. The third kappa shape index (κ3) is 3.55. The molecule has 4 nitrogen and oxygen atoms in total. The summed E-state index contributed by atoms with van der Waals surface area (Å²) in [7, 11) is 4.02. The first kappa shape index (κ1) is 14.0. The number of benzene rings is 1. The Morgan fingerprint density at radius 2 is 2.11 bits per heavy atom. The number of fused-ring (bicyclic) bond motifs is 1. The Labute approximate surface area is 115 Å². The molecule has 0 atom stereocenters. The third-order valence-electron chi connectivity index (χ3n) is 3.62. The van der Waals surface area contributed by atoms with Gasteiger partial charge in [-0.2, -0.15) is 0 Å². The summed E-state index contributed by atoms with van der Waals surface area (Å²) in [6, 6.07) is 6.52. The lowest BCUT2D eigenvalue weighted by atomic mass is 10.1. The first-order valence-electron chi connectivity index (χ1n) is 6.81. The smallest absolute Gasteiger partial charge is 0.0955 e. The monoisotopic (exact) mass is 260 g/mol. The SMILES string of the molecule is CNC(C)(C)CNCCc1ccc2c(c1)ncn2C. The molecule has 0 amide bonds. The van der Waals surface area contributed by atoms with E-state index in [9.17, 15) is 0 Å². The maximum Gasteiger partial charge on any atom is 0.0955 e. The molecule has 0 radical (unpaired) electrons. The minimum absolute atomic E-state index is 0.144. The van der Waals surface area contributed by atoms with Crippen LogP contribution >= 0.6 is 0 Å². The van der Waals surface area contributed by atoms with E-state index < -0.39 is 0 Å². The summed E-state index contributed by atoms with van der Waals surface area (Å²) in [5.74, 6) is 0. The molecule has 19 heavy (non-hydrogen) atoms. The largest absolute Gasteiger partial charge is 0.334 e. The van der Waals surface area contributed by atoms with Crippen LogP contribution in [0.4, 0.5) is 0 Å². The lowest BCUT2D eigenvalue weighted by molar-refractivity contribution is 0.395. The molecule has 4 heteroatoms. The molecule has 2 N–H and O–H groups in total. The van der Waals surface area contributed by atoms with E-state index in [1.807, 2.05) is 25.0 Å². The number of aromatic nitrogens is 2. The Hall–Kier alpha value is -1.39. The maximum atomic E-state index is 4.39.